The van der Waals surface area contributed by atoms with Crippen LogP contribution in [-0.4, -0.2) is 65.7 Å². The minimum absolute atomic E-state index is 0.162. The van der Waals surface area contributed by atoms with Crippen molar-refractivity contribution < 1.29 is 42.9 Å². The van der Waals surface area contributed by atoms with Crippen molar-refractivity contribution in [3.63, 3.8) is 0 Å². The molecule has 6 aromatic carbocycles. The molecule has 0 bridgehead atoms. The Bertz CT molecular complexity index is 2820. The first-order valence-corrected chi connectivity index (χ1v) is 22.1. The zero-order chi connectivity index (χ0) is 43.5. The summed E-state index contributed by atoms with van der Waals surface area (Å²) in [7, 11) is 2.54. The number of esters is 4. The van der Waals surface area contributed by atoms with Crippen LogP contribution in [0, 0.1) is 0 Å². The molecule has 8 rings (SSSR count). The van der Waals surface area contributed by atoms with Gasteiger partial charge < -0.3 is 23.7 Å². The average Bonchev–Trinajstić information content (AvgIpc) is 3.72. The molecule has 0 amide bonds. The monoisotopic (exact) mass is 897 g/mol. The highest BCUT2D eigenvalue weighted by Gasteiger charge is 2.53. The number of hydrogen-bond donors (Lipinski definition) is 0. The molecule has 0 radical (unpaired) electrons. The van der Waals surface area contributed by atoms with Crippen molar-refractivity contribution in [2.24, 2.45) is 9.98 Å². The number of carbonyl (C=O) groups is 4. The van der Waals surface area contributed by atoms with Gasteiger partial charge in [-0.25, -0.2) is 29.2 Å². The van der Waals surface area contributed by atoms with E-state index in [0.717, 1.165) is 0 Å². The fourth-order valence-electron chi connectivity index (χ4n) is 6.59. The second-order valence-corrected chi connectivity index (χ2v) is 16.3. The second kappa shape index (κ2) is 20.3. The van der Waals surface area contributed by atoms with Crippen LogP contribution in [0.1, 0.15) is 41.4 Å². The van der Waals surface area contributed by atoms with E-state index in [1.54, 1.807) is 144 Å². The smallest absolute Gasteiger partial charge is 0.338 e. The molecule has 5 atom stereocenters. The van der Waals surface area contributed by atoms with Gasteiger partial charge in [-0.2, -0.15) is 0 Å². The van der Waals surface area contributed by atoms with Gasteiger partial charge >= 0.3 is 23.9 Å². The molecule has 0 unspecified atom stereocenters. The lowest BCUT2D eigenvalue weighted by Gasteiger charge is -2.43. The predicted octanol–water partition coefficient (Wildman–Crippen LogP) is 8.65. The maximum absolute atomic E-state index is 14.1. The van der Waals surface area contributed by atoms with E-state index < -0.39 is 61.1 Å². The van der Waals surface area contributed by atoms with Gasteiger partial charge in [-0.3, -0.25) is 4.57 Å². The Morgan fingerprint density at radius 1 is 0.524 bits per heavy atom. The van der Waals surface area contributed by atoms with Gasteiger partial charge in [0, 0.05) is 0 Å². The van der Waals surface area contributed by atoms with E-state index in [4.69, 9.17) is 45.3 Å². The maximum atomic E-state index is 14.1. The van der Waals surface area contributed by atoms with Crippen LogP contribution in [0.4, 0.5) is 5.69 Å². The van der Waals surface area contributed by atoms with Gasteiger partial charge in [0.2, 0.25) is 9.60 Å². The number of para-hydroxylation sites is 2. The Morgan fingerprint density at radius 3 is 1.48 bits per heavy atom. The average molecular weight is 898 g/mol. The highest BCUT2D eigenvalue weighted by Crippen LogP contribution is 2.32. The van der Waals surface area contributed by atoms with Crippen LogP contribution >= 0.6 is 32.3 Å². The second-order valence-electron chi connectivity index (χ2n) is 13.8. The Hall–Kier alpha value is -6.97. The molecule has 12 nitrogen and oxygen atoms in total. The summed E-state index contributed by atoms with van der Waals surface area (Å²) in [5, 5.41) is 0.388. The fourth-order valence-corrected chi connectivity index (χ4v) is 8.96. The molecule has 1 aliphatic rings. The van der Waals surface area contributed by atoms with Crippen molar-refractivity contribution in [1.29, 1.82) is 0 Å². The van der Waals surface area contributed by atoms with Crippen LogP contribution < -0.4 is 9.60 Å². The Morgan fingerprint density at radius 2 is 0.952 bits per heavy atom. The summed E-state index contributed by atoms with van der Waals surface area (Å²) in [5.74, 6) is -3.13. The Labute approximate surface area is 373 Å². The molecular weight excluding hydrogens is 862 g/mol. The van der Waals surface area contributed by atoms with E-state index in [9.17, 15) is 19.2 Å². The summed E-state index contributed by atoms with van der Waals surface area (Å²) >= 11 is 6.82. The number of benzene rings is 6. The zero-order valence-electron chi connectivity index (χ0n) is 33.0. The predicted molar refractivity (Wildman–Crippen MR) is 236 cm³/mol. The molecule has 1 fully saturated rings. The number of carbonyl (C=O) groups excluding carboxylic acids is 4. The molecule has 0 aliphatic carbocycles. The quantitative estimate of drug-likeness (QED) is 0.0669. The zero-order valence-corrected chi connectivity index (χ0v) is 35.4. The lowest BCUT2D eigenvalue weighted by molar-refractivity contribution is -0.227. The van der Waals surface area contributed by atoms with E-state index in [0.29, 0.717) is 26.0 Å². The maximum Gasteiger partial charge on any atom is 0.338 e. The third-order valence-electron chi connectivity index (χ3n) is 9.64. The van der Waals surface area contributed by atoms with Crippen LogP contribution in [0.25, 0.3) is 5.69 Å². The van der Waals surface area contributed by atoms with Crippen molar-refractivity contribution >= 4 is 61.8 Å². The molecule has 15 heteroatoms. The van der Waals surface area contributed by atoms with Crippen LogP contribution in [0.2, 0.25) is 5.02 Å². The SMILES string of the molecule is O=C(OC[C@H]1O[C@@H](/N=c2/ssc(=Nc3ccccc3)n2-c2ccccc2Cl)[C@H](OC(=O)c2ccccc2)[C@@H](OC(=O)c2ccccc2)[C@@H]1OC(=O)c1ccccc1)c1ccccc1. The van der Waals surface area contributed by atoms with Gasteiger partial charge in [-0.05, 0) is 93.5 Å². The van der Waals surface area contributed by atoms with Crippen molar-refractivity contribution in [1.82, 2.24) is 4.57 Å². The summed E-state index contributed by atoms with van der Waals surface area (Å²) in [6.07, 6.45) is -7.51. The number of ether oxygens (including phenoxy) is 5. The molecule has 0 N–H and O–H groups in total. The van der Waals surface area contributed by atoms with Crippen molar-refractivity contribution in [3.05, 3.63) is 213 Å². The molecule has 63 heavy (non-hydrogen) atoms. The van der Waals surface area contributed by atoms with Gasteiger partial charge in [0.15, 0.2) is 24.5 Å². The normalized spacial score (nSPS) is 18.8. The first-order valence-electron chi connectivity index (χ1n) is 19.6. The first kappa shape index (κ1) is 42.7. The third-order valence-corrected chi connectivity index (χ3v) is 12.0. The molecule has 316 valence electrons. The number of halogens is 1. The van der Waals surface area contributed by atoms with Gasteiger partial charge in [-0.1, -0.05) is 115 Å². The summed E-state index contributed by atoms with van der Waals surface area (Å²) in [5.41, 5.74) is 1.97. The number of rotatable bonds is 12. The summed E-state index contributed by atoms with van der Waals surface area (Å²) in [6.45, 7) is -0.503. The standard InChI is InChI=1S/C48H36ClN3O9S2/c49-36-28-16-17-29-37(36)52-47(50-35-26-14-5-15-27-35)62-63-48(52)51-42-41(61-46(56)34-24-12-4-13-25-34)40(60-45(55)33-22-10-3-11-23-33)39(59-44(54)32-20-8-2-9-21-32)38(58-42)30-57-43(53)31-18-6-1-7-19-31/h1-29,38-42H,30H2/b50-47?,51-48+/t38-,39-,40+,41-,42-/m1/s1. The topological polar surface area (TPSA) is 144 Å². The number of aromatic nitrogens is 1. The van der Waals surface area contributed by atoms with Crippen LogP contribution in [0.5, 0.6) is 0 Å². The largest absolute Gasteiger partial charge is 0.459 e. The lowest BCUT2D eigenvalue weighted by atomic mass is 9.97. The van der Waals surface area contributed by atoms with E-state index in [2.05, 4.69) is 0 Å². The Kier molecular flexibility index (Phi) is 13.7. The lowest BCUT2D eigenvalue weighted by Crippen LogP contribution is -2.62. The van der Waals surface area contributed by atoms with E-state index in [-0.39, 0.29) is 22.3 Å². The summed E-state index contributed by atoms with van der Waals surface area (Å²) in [6, 6.07) is 49.3. The molecule has 2 heterocycles. The number of hydrogen-bond acceptors (Lipinski definition) is 13. The van der Waals surface area contributed by atoms with Crippen molar-refractivity contribution in [2.45, 2.75) is 30.6 Å². The molecule has 1 aromatic heterocycles. The van der Waals surface area contributed by atoms with Crippen molar-refractivity contribution in [2.75, 3.05) is 6.61 Å². The molecule has 7 aromatic rings. The van der Waals surface area contributed by atoms with Crippen molar-refractivity contribution in [3.8, 4) is 5.69 Å². The fraction of sp³-hybridized carbons (Fsp3) is 0.125. The molecule has 0 spiro atoms. The molecule has 1 aliphatic heterocycles. The number of nitrogens with zero attached hydrogens (tertiary/aromatic N) is 3. The highest BCUT2D eigenvalue weighted by atomic mass is 35.5. The van der Waals surface area contributed by atoms with E-state index >= 15 is 0 Å². The Balaban J connectivity index is 1.30. The van der Waals surface area contributed by atoms with Gasteiger partial charge in [0.05, 0.1) is 38.7 Å². The summed E-state index contributed by atoms with van der Waals surface area (Å²) < 4.78 is 32.9. The van der Waals surface area contributed by atoms with Crippen LogP contribution in [0.15, 0.2) is 186 Å². The van der Waals surface area contributed by atoms with Crippen LogP contribution in [-0.2, 0) is 23.7 Å². The van der Waals surface area contributed by atoms with Crippen LogP contribution in [0.3, 0.4) is 0 Å². The van der Waals surface area contributed by atoms with Gasteiger partial charge in [0.25, 0.3) is 0 Å². The third kappa shape index (κ3) is 10.4. The minimum atomic E-state index is -1.59. The van der Waals surface area contributed by atoms with E-state index in [1.165, 1.54) is 20.7 Å². The first-order chi connectivity index (χ1) is 30.8. The van der Waals surface area contributed by atoms with Gasteiger partial charge in [0.1, 0.15) is 12.7 Å². The van der Waals surface area contributed by atoms with Gasteiger partial charge in [-0.15, -0.1) is 0 Å². The molecule has 1 saturated heterocycles. The summed E-state index contributed by atoms with van der Waals surface area (Å²) in [4.78, 5) is 66.3. The molecule has 0 saturated carbocycles. The highest BCUT2D eigenvalue weighted by molar-refractivity contribution is 7.67. The molecular formula is C48H36ClN3O9S2. The minimum Gasteiger partial charge on any atom is -0.459 e. The van der Waals surface area contributed by atoms with E-state index in [1.807, 2.05) is 36.4 Å².